The fourth-order valence-electron chi connectivity index (χ4n) is 2.32. The first-order valence-corrected chi connectivity index (χ1v) is 6.76. The molecule has 0 aliphatic carbocycles. The minimum atomic E-state index is -0.697. The Hall–Kier alpha value is -0.610. The lowest BCUT2D eigenvalue weighted by atomic mass is 10.0. The van der Waals surface area contributed by atoms with Crippen molar-refractivity contribution in [1.29, 1.82) is 0 Å². The van der Waals surface area contributed by atoms with Crippen LogP contribution in [-0.2, 0) is 4.79 Å². The van der Waals surface area contributed by atoms with Crippen LogP contribution in [0.5, 0.6) is 0 Å². The van der Waals surface area contributed by atoms with Gasteiger partial charge in [-0.05, 0) is 32.6 Å². The van der Waals surface area contributed by atoms with Crippen LogP contribution in [0.1, 0.15) is 46.0 Å². The molecule has 0 bridgehead atoms. The number of nitrogens with zero attached hydrogens (tertiary/aromatic N) is 1. The van der Waals surface area contributed by atoms with Gasteiger partial charge in [0.15, 0.2) is 0 Å². The van der Waals surface area contributed by atoms with Gasteiger partial charge in [0.2, 0.25) is 5.91 Å². The summed E-state index contributed by atoms with van der Waals surface area (Å²) in [6.07, 6.45) is 5.20. The molecule has 4 nitrogen and oxygen atoms in total. The highest BCUT2D eigenvalue weighted by Crippen LogP contribution is 2.10. The van der Waals surface area contributed by atoms with Gasteiger partial charge < -0.3 is 15.3 Å². The zero-order chi connectivity index (χ0) is 12.7. The molecule has 1 saturated heterocycles. The summed E-state index contributed by atoms with van der Waals surface area (Å²) in [5, 5.41) is 13.0. The molecule has 0 spiro atoms. The Morgan fingerprint density at radius 1 is 1.35 bits per heavy atom. The first kappa shape index (κ1) is 14.5. The zero-order valence-electron chi connectivity index (χ0n) is 11.2. The predicted octanol–water partition coefficient (Wildman–Crippen LogP) is 1.14. The van der Waals surface area contributed by atoms with E-state index in [2.05, 4.69) is 5.32 Å². The lowest BCUT2D eigenvalue weighted by molar-refractivity contribution is -0.131. The molecule has 1 aliphatic heterocycles. The second-order valence-electron chi connectivity index (χ2n) is 5.29. The molecule has 1 heterocycles. The van der Waals surface area contributed by atoms with Crippen molar-refractivity contribution in [3.05, 3.63) is 0 Å². The van der Waals surface area contributed by atoms with Crippen molar-refractivity contribution in [2.75, 3.05) is 26.2 Å². The molecule has 17 heavy (non-hydrogen) atoms. The number of aliphatic hydroxyl groups is 1. The van der Waals surface area contributed by atoms with Gasteiger partial charge in [0.05, 0.1) is 12.1 Å². The molecule has 1 atom stereocenters. The Labute approximate surface area is 104 Å². The van der Waals surface area contributed by atoms with E-state index in [1.807, 2.05) is 18.7 Å². The number of nitrogens with one attached hydrogen (secondary N) is 1. The van der Waals surface area contributed by atoms with E-state index in [1.165, 1.54) is 6.42 Å². The quantitative estimate of drug-likeness (QED) is 0.734. The Bertz CT molecular complexity index is 236. The average molecular weight is 242 g/mol. The second-order valence-corrected chi connectivity index (χ2v) is 5.29. The maximum atomic E-state index is 11.8. The van der Waals surface area contributed by atoms with E-state index in [0.717, 1.165) is 38.8 Å². The highest BCUT2D eigenvalue weighted by atomic mass is 16.3. The maximum absolute atomic E-state index is 11.8. The molecule has 1 unspecified atom stereocenters. The highest BCUT2D eigenvalue weighted by Gasteiger charge is 2.20. The van der Waals surface area contributed by atoms with Crippen LogP contribution in [0, 0.1) is 0 Å². The van der Waals surface area contributed by atoms with E-state index in [9.17, 15) is 9.90 Å². The lowest BCUT2D eigenvalue weighted by Crippen LogP contribution is -2.45. The van der Waals surface area contributed by atoms with Crippen molar-refractivity contribution >= 4 is 5.91 Å². The number of piperidine rings is 1. The fourth-order valence-corrected chi connectivity index (χ4v) is 2.32. The van der Waals surface area contributed by atoms with Gasteiger partial charge in [0.25, 0.3) is 0 Å². The Morgan fingerprint density at radius 2 is 2.00 bits per heavy atom. The first-order valence-electron chi connectivity index (χ1n) is 6.76. The zero-order valence-corrected chi connectivity index (χ0v) is 11.2. The predicted molar refractivity (Wildman–Crippen MR) is 68.8 cm³/mol. The minimum Gasteiger partial charge on any atom is -0.389 e. The number of rotatable bonds is 6. The van der Waals surface area contributed by atoms with Crippen LogP contribution in [-0.4, -0.2) is 47.7 Å². The summed E-state index contributed by atoms with van der Waals surface area (Å²) in [7, 11) is 0. The standard InChI is InChI=1S/C13H26N2O2/c1-3-7-13(2,17)11-14-10-12(16)15-8-5-4-6-9-15/h14,17H,3-11H2,1-2H3. The summed E-state index contributed by atoms with van der Waals surface area (Å²) in [5.74, 6) is 0.164. The molecule has 0 aromatic rings. The fraction of sp³-hybridized carbons (Fsp3) is 0.923. The van der Waals surface area contributed by atoms with Crippen molar-refractivity contribution in [2.24, 2.45) is 0 Å². The van der Waals surface area contributed by atoms with Gasteiger partial charge in [0.1, 0.15) is 0 Å². The van der Waals surface area contributed by atoms with Crippen molar-refractivity contribution in [3.8, 4) is 0 Å². The summed E-state index contributed by atoms with van der Waals surface area (Å²) in [4.78, 5) is 13.7. The van der Waals surface area contributed by atoms with E-state index in [-0.39, 0.29) is 5.91 Å². The third-order valence-electron chi connectivity index (χ3n) is 3.28. The molecule has 0 radical (unpaired) electrons. The van der Waals surface area contributed by atoms with E-state index in [0.29, 0.717) is 13.1 Å². The Kier molecular flexibility index (Phi) is 5.92. The number of likely N-dealkylation sites (tertiary alicyclic amines) is 1. The normalized spacial score (nSPS) is 20.1. The monoisotopic (exact) mass is 242 g/mol. The third kappa shape index (κ3) is 5.50. The smallest absolute Gasteiger partial charge is 0.236 e. The van der Waals surface area contributed by atoms with Crippen LogP contribution in [0.25, 0.3) is 0 Å². The number of carbonyl (C=O) groups is 1. The van der Waals surface area contributed by atoms with Crippen LogP contribution in [0.2, 0.25) is 0 Å². The van der Waals surface area contributed by atoms with Gasteiger partial charge in [-0.25, -0.2) is 0 Å². The van der Waals surface area contributed by atoms with E-state index < -0.39 is 5.60 Å². The summed E-state index contributed by atoms with van der Waals surface area (Å²) in [6.45, 7) is 6.49. The summed E-state index contributed by atoms with van der Waals surface area (Å²) in [6, 6.07) is 0. The van der Waals surface area contributed by atoms with Gasteiger partial charge in [-0.3, -0.25) is 4.79 Å². The number of hydrogen-bond acceptors (Lipinski definition) is 3. The lowest BCUT2D eigenvalue weighted by Gasteiger charge is -2.28. The van der Waals surface area contributed by atoms with Crippen LogP contribution >= 0.6 is 0 Å². The second kappa shape index (κ2) is 6.97. The van der Waals surface area contributed by atoms with Crippen molar-refractivity contribution in [1.82, 2.24) is 10.2 Å². The molecule has 1 aliphatic rings. The van der Waals surface area contributed by atoms with Crippen molar-refractivity contribution < 1.29 is 9.90 Å². The Morgan fingerprint density at radius 3 is 2.59 bits per heavy atom. The maximum Gasteiger partial charge on any atom is 0.236 e. The van der Waals surface area contributed by atoms with Gasteiger partial charge in [-0.1, -0.05) is 13.3 Å². The van der Waals surface area contributed by atoms with Crippen LogP contribution in [0.3, 0.4) is 0 Å². The molecule has 2 N–H and O–H groups in total. The molecule has 1 rings (SSSR count). The van der Waals surface area contributed by atoms with Crippen LogP contribution < -0.4 is 5.32 Å². The SMILES string of the molecule is CCCC(C)(O)CNCC(=O)N1CCCCC1. The number of carbonyl (C=O) groups excluding carboxylic acids is 1. The molecule has 100 valence electrons. The van der Waals surface area contributed by atoms with E-state index in [1.54, 1.807) is 0 Å². The molecule has 1 fully saturated rings. The molecule has 0 aromatic carbocycles. The van der Waals surface area contributed by atoms with Gasteiger partial charge >= 0.3 is 0 Å². The molecule has 4 heteroatoms. The summed E-state index contributed by atoms with van der Waals surface area (Å²) in [5.41, 5.74) is -0.697. The molecule has 0 aromatic heterocycles. The van der Waals surface area contributed by atoms with Gasteiger partial charge in [-0.15, -0.1) is 0 Å². The van der Waals surface area contributed by atoms with Gasteiger partial charge in [-0.2, -0.15) is 0 Å². The number of hydrogen-bond donors (Lipinski definition) is 2. The van der Waals surface area contributed by atoms with Gasteiger partial charge in [0, 0.05) is 19.6 Å². The highest BCUT2D eigenvalue weighted by molar-refractivity contribution is 5.78. The van der Waals surface area contributed by atoms with Crippen LogP contribution in [0.4, 0.5) is 0 Å². The third-order valence-corrected chi connectivity index (χ3v) is 3.28. The van der Waals surface area contributed by atoms with E-state index >= 15 is 0 Å². The molecule has 1 amide bonds. The summed E-state index contributed by atoms with van der Waals surface area (Å²) >= 11 is 0. The first-order chi connectivity index (χ1) is 8.05. The van der Waals surface area contributed by atoms with Crippen molar-refractivity contribution in [3.63, 3.8) is 0 Å². The number of amides is 1. The average Bonchev–Trinajstić information content (AvgIpc) is 2.29. The Balaban J connectivity index is 2.19. The topological polar surface area (TPSA) is 52.6 Å². The largest absolute Gasteiger partial charge is 0.389 e. The van der Waals surface area contributed by atoms with Crippen LogP contribution in [0.15, 0.2) is 0 Å². The van der Waals surface area contributed by atoms with E-state index in [4.69, 9.17) is 0 Å². The molecular formula is C13H26N2O2. The minimum absolute atomic E-state index is 0.164. The van der Waals surface area contributed by atoms with Crippen molar-refractivity contribution in [2.45, 2.75) is 51.6 Å². The summed E-state index contributed by atoms with van der Waals surface area (Å²) < 4.78 is 0. The molecular weight excluding hydrogens is 216 g/mol. The molecule has 0 saturated carbocycles.